The zero-order chi connectivity index (χ0) is 15.6. The third-order valence-electron chi connectivity index (χ3n) is 5.58. The molecule has 0 radical (unpaired) electrons. The van der Waals surface area contributed by atoms with Gasteiger partial charge in [0.15, 0.2) is 5.82 Å². The summed E-state index contributed by atoms with van der Waals surface area (Å²) in [6, 6.07) is 0.613. The second-order valence-corrected chi connectivity index (χ2v) is 7.15. The van der Waals surface area contributed by atoms with Crippen LogP contribution in [0.1, 0.15) is 63.3 Å². The van der Waals surface area contributed by atoms with Crippen LogP contribution >= 0.6 is 0 Å². The molecule has 1 aliphatic carbocycles. The van der Waals surface area contributed by atoms with Gasteiger partial charge in [-0.2, -0.15) is 0 Å². The molecule has 0 aromatic carbocycles. The first kappa shape index (κ1) is 15.4. The van der Waals surface area contributed by atoms with E-state index in [0.29, 0.717) is 6.04 Å². The van der Waals surface area contributed by atoms with Gasteiger partial charge in [-0.1, -0.05) is 0 Å². The molecule has 0 amide bonds. The van der Waals surface area contributed by atoms with Crippen molar-refractivity contribution in [2.75, 3.05) is 25.2 Å². The average Bonchev–Trinajstić information content (AvgIpc) is 3.15. The van der Waals surface area contributed by atoms with Crippen molar-refractivity contribution in [2.45, 2.75) is 76.2 Å². The SMILES string of the molecule is CN(c1nnc([C@@H]2CCCO2)n1CC1CCCCO1)C1CCC1. The van der Waals surface area contributed by atoms with Crippen molar-refractivity contribution in [3.63, 3.8) is 0 Å². The molecule has 3 aliphatic rings. The van der Waals surface area contributed by atoms with Gasteiger partial charge in [0.25, 0.3) is 0 Å². The van der Waals surface area contributed by atoms with E-state index in [4.69, 9.17) is 9.47 Å². The maximum atomic E-state index is 5.97. The molecule has 0 bridgehead atoms. The minimum absolute atomic E-state index is 0.106. The Labute approximate surface area is 138 Å². The molecule has 4 rings (SSSR count). The molecular formula is C17H28N4O2. The maximum absolute atomic E-state index is 5.97. The number of hydrogen-bond acceptors (Lipinski definition) is 5. The summed E-state index contributed by atoms with van der Waals surface area (Å²) in [5.41, 5.74) is 0. The summed E-state index contributed by atoms with van der Waals surface area (Å²) >= 11 is 0. The Morgan fingerprint density at radius 3 is 2.52 bits per heavy atom. The van der Waals surface area contributed by atoms with E-state index in [1.165, 1.54) is 32.1 Å². The Bertz CT molecular complexity index is 517. The minimum Gasteiger partial charge on any atom is -0.376 e. The van der Waals surface area contributed by atoms with Crippen molar-refractivity contribution in [1.29, 1.82) is 0 Å². The van der Waals surface area contributed by atoms with Gasteiger partial charge in [-0.05, 0) is 51.4 Å². The molecule has 6 heteroatoms. The van der Waals surface area contributed by atoms with Crippen LogP contribution in [0.2, 0.25) is 0 Å². The molecule has 2 aliphatic heterocycles. The van der Waals surface area contributed by atoms with Gasteiger partial charge in [-0.15, -0.1) is 10.2 Å². The predicted molar refractivity (Wildman–Crippen MR) is 87.6 cm³/mol. The first-order valence-electron chi connectivity index (χ1n) is 9.22. The molecule has 1 aromatic heterocycles. The number of ether oxygens (including phenoxy) is 2. The first-order valence-corrected chi connectivity index (χ1v) is 9.22. The summed E-state index contributed by atoms with van der Waals surface area (Å²) in [6.07, 6.45) is 9.99. The van der Waals surface area contributed by atoms with Crippen molar-refractivity contribution in [3.05, 3.63) is 5.82 Å². The monoisotopic (exact) mass is 320 g/mol. The summed E-state index contributed by atoms with van der Waals surface area (Å²) in [4.78, 5) is 2.32. The Balaban J connectivity index is 1.59. The molecule has 128 valence electrons. The van der Waals surface area contributed by atoms with Crippen LogP contribution in [0.15, 0.2) is 0 Å². The van der Waals surface area contributed by atoms with Crippen LogP contribution in [0.3, 0.4) is 0 Å². The van der Waals surface area contributed by atoms with Crippen molar-refractivity contribution in [3.8, 4) is 0 Å². The normalized spacial score (nSPS) is 28.7. The van der Waals surface area contributed by atoms with Gasteiger partial charge in [0.05, 0.1) is 12.6 Å². The van der Waals surface area contributed by atoms with Gasteiger partial charge in [0.1, 0.15) is 6.10 Å². The van der Waals surface area contributed by atoms with Gasteiger partial charge >= 0.3 is 0 Å². The zero-order valence-corrected chi connectivity index (χ0v) is 14.1. The molecule has 2 saturated heterocycles. The number of rotatable bonds is 5. The Hall–Kier alpha value is -1.14. The van der Waals surface area contributed by atoms with Crippen molar-refractivity contribution >= 4 is 5.95 Å². The van der Waals surface area contributed by atoms with Crippen LogP contribution in [-0.4, -0.2) is 47.2 Å². The maximum Gasteiger partial charge on any atom is 0.227 e. The van der Waals surface area contributed by atoms with Gasteiger partial charge < -0.3 is 14.4 Å². The van der Waals surface area contributed by atoms with Crippen LogP contribution in [-0.2, 0) is 16.0 Å². The summed E-state index contributed by atoms with van der Waals surface area (Å²) in [5.74, 6) is 1.99. The van der Waals surface area contributed by atoms with E-state index in [-0.39, 0.29) is 12.2 Å². The second kappa shape index (κ2) is 6.77. The van der Waals surface area contributed by atoms with Crippen LogP contribution in [0, 0.1) is 0 Å². The van der Waals surface area contributed by atoms with Crippen LogP contribution < -0.4 is 4.90 Å². The summed E-state index contributed by atoms with van der Waals surface area (Å²) < 4.78 is 14.1. The highest BCUT2D eigenvalue weighted by Crippen LogP contribution is 2.33. The van der Waals surface area contributed by atoms with Crippen molar-refractivity contribution in [2.24, 2.45) is 0 Å². The summed E-state index contributed by atoms with van der Waals surface area (Å²) in [5, 5.41) is 9.05. The lowest BCUT2D eigenvalue weighted by Crippen LogP contribution is -2.39. The molecule has 0 N–H and O–H groups in total. The van der Waals surface area contributed by atoms with E-state index in [0.717, 1.165) is 50.8 Å². The zero-order valence-electron chi connectivity index (χ0n) is 14.1. The molecule has 1 aromatic rings. The molecule has 3 heterocycles. The largest absolute Gasteiger partial charge is 0.376 e. The smallest absolute Gasteiger partial charge is 0.227 e. The fourth-order valence-corrected chi connectivity index (χ4v) is 3.85. The Morgan fingerprint density at radius 2 is 1.87 bits per heavy atom. The van der Waals surface area contributed by atoms with E-state index in [1.54, 1.807) is 0 Å². The van der Waals surface area contributed by atoms with E-state index < -0.39 is 0 Å². The van der Waals surface area contributed by atoms with Crippen LogP contribution in [0.4, 0.5) is 5.95 Å². The molecule has 1 saturated carbocycles. The molecule has 2 atom stereocenters. The van der Waals surface area contributed by atoms with Crippen molar-refractivity contribution < 1.29 is 9.47 Å². The van der Waals surface area contributed by atoms with Gasteiger partial charge in [-0.3, -0.25) is 4.57 Å². The molecule has 1 unspecified atom stereocenters. The van der Waals surface area contributed by atoms with E-state index >= 15 is 0 Å². The third kappa shape index (κ3) is 3.11. The van der Waals surface area contributed by atoms with E-state index in [1.807, 2.05) is 0 Å². The third-order valence-corrected chi connectivity index (χ3v) is 5.58. The average molecular weight is 320 g/mol. The highest BCUT2D eigenvalue weighted by atomic mass is 16.5. The quantitative estimate of drug-likeness (QED) is 0.835. The number of aromatic nitrogens is 3. The van der Waals surface area contributed by atoms with Gasteiger partial charge in [0, 0.05) is 26.3 Å². The molecule has 6 nitrogen and oxygen atoms in total. The summed E-state index contributed by atoms with van der Waals surface area (Å²) in [6.45, 7) is 2.58. The van der Waals surface area contributed by atoms with Crippen LogP contribution in [0.5, 0.6) is 0 Å². The molecule has 3 fully saturated rings. The van der Waals surface area contributed by atoms with E-state index in [2.05, 4.69) is 26.7 Å². The van der Waals surface area contributed by atoms with Gasteiger partial charge in [-0.25, -0.2) is 0 Å². The van der Waals surface area contributed by atoms with E-state index in [9.17, 15) is 0 Å². The predicted octanol–water partition coefficient (Wildman–Crippen LogP) is 2.69. The molecular weight excluding hydrogens is 292 g/mol. The number of anilines is 1. The highest BCUT2D eigenvalue weighted by molar-refractivity contribution is 5.33. The van der Waals surface area contributed by atoms with Crippen molar-refractivity contribution in [1.82, 2.24) is 14.8 Å². The topological polar surface area (TPSA) is 52.4 Å². The molecule has 23 heavy (non-hydrogen) atoms. The lowest BCUT2D eigenvalue weighted by atomic mass is 9.92. The lowest BCUT2D eigenvalue weighted by molar-refractivity contribution is 0.00396. The highest BCUT2D eigenvalue weighted by Gasteiger charge is 2.31. The second-order valence-electron chi connectivity index (χ2n) is 7.15. The van der Waals surface area contributed by atoms with Gasteiger partial charge in [0.2, 0.25) is 5.95 Å². The van der Waals surface area contributed by atoms with Crippen LogP contribution in [0.25, 0.3) is 0 Å². The fraction of sp³-hybridized carbons (Fsp3) is 0.882. The standard InChI is InChI=1S/C17H28N4O2/c1-20(13-6-4-7-13)17-19-18-16(15-9-5-11-23-15)21(17)12-14-8-2-3-10-22-14/h13-15H,2-12H2,1H3/t14?,15-/m0/s1. The minimum atomic E-state index is 0.106. The Kier molecular flexibility index (Phi) is 4.53. The number of nitrogens with zero attached hydrogens (tertiary/aromatic N) is 4. The molecule has 0 spiro atoms. The Morgan fingerprint density at radius 1 is 1.00 bits per heavy atom. The number of hydrogen-bond donors (Lipinski definition) is 0. The first-order chi connectivity index (χ1) is 11.3. The lowest BCUT2D eigenvalue weighted by Gasteiger charge is -2.36. The fourth-order valence-electron chi connectivity index (χ4n) is 3.85. The summed E-state index contributed by atoms with van der Waals surface area (Å²) in [7, 11) is 2.16.